The summed E-state index contributed by atoms with van der Waals surface area (Å²) in [5.41, 5.74) is -0.0286. The molecule has 112 valence electrons. The summed E-state index contributed by atoms with van der Waals surface area (Å²) in [6.45, 7) is 13.8. The molecule has 0 amide bonds. The Labute approximate surface area is 123 Å². The molecule has 1 fully saturated rings. The van der Waals surface area contributed by atoms with E-state index in [1.165, 1.54) is 12.8 Å². The summed E-state index contributed by atoms with van der Waals surface area (Å²) >= 11 is 0. The van der Waals surface area contributed by atoms with E-state index in [4.69, 9.17) is 4.98 Å². The fourth-order valence-electron chi connectivity index (χ4n) is 2.20. The molecule has 0 aromatic carbocycles. The van der Waals surface area contributed by atoms with Crippen molar-refractivity contribution in [3.05, 3.63) is 11.9 Å². The Hall–Kier alpha value is -1.32. The molecule has 1 saturated carbocycles. The van der Waals surface area contributed by atoms with Crippen LogP contribution in [0.2, 0.25) is 0 Å². The SMILES string of the molecule is CCNc1cc(N(CC)CC2CC2)nc(C(C)(C)C)n1. The third-order valence-corrected chi connectivity index (χ3v) is 3.62. The van der Waals surface area contributed by atoms with E-state index in [1.54, 1.807) is 0 Å². The molecule has 0 unspecified atom stereocenters. The van der Waals surface area contributed by atoms with Gasteiger partial charge in [-0.25, -0.2) is 9.97 Å². The Morgan fingerprint density at radius 1 is 1.25 bits per heavy atom. The molecule has 4 nitrogen and oxygen atoms in total. The van der Waals surface area contributed by atoms with Gasteiger partial charge in [0, 0.05) is 31.1 Å². The van der Waals surface area contributed by atoms with E-state index in [0.29, 0.717) is 0 Å². The number of nitrogens with zero attached hydrogens (tertiary/aromatic N) is 3. The Bertz CT molecular complexity index is 446. The highest BCUT2D eigenvalue weighted by Gasteiger charge is 2.26. The van der Waals surface area contributed by atoms with Crippen LogP contribution in [0.15, 0.2) is 6.07 Å². The van der Waals surface area contributed by atoms with Gasteiger partial charge in [0.2, 0.25) is 0 Å². The Balaban J connectivity index is 2.31. The van der Waals surface area contributed by atoms with E-state index in [9.17, 15) is 0 Å². The van der Waals surface area contributed by atoms with E-state index < -0.39 is 0 Å². The van der Waals surface area contributed by atoms with Crippen LogP contribution in [0.25, 0.3) is 0 Å². The molecule has 1 N–H and O–H groups in total. The van der Waals surface area contributed by atoms with Gasteiger partial charge in [0.1, 0.15) is 17.5 Å². The summed E-state index contributed by atoms with van der Waals surface area (Å²) in [6.07, 6.45) is 2.74. The number of rotatable bonds is 6. The second kappa shape index (κ2) is 5.98. The third kappa shape index (κ3) is 3.84. The Kier molecular flexibility index (Phi) is 4.51. The standard InChI is InChI=1S/C16H28N4/c1-6-17-13-10-14(19-15(18-13)16(3,4)5)20(7-2)11-12-8-9-12/h10,12H,6-9,11H2,1-5H3,(H,17,18,19). The fourth-order valence-corrected chi connectivity index (χ4v) is 2.20. The first-order valence-corrected chi connectivity index (χ1v) is 7.82. The average molecular weight is 276 g/mol. The van der Waals surface area contributed by atoms with Crippen LogP contribution in [-0.2, 0) is 5.41 Å². The van der Waals surface area contributed by atoms with Crippen molar-refractivity contribution < 1.29 is 0 Å². The second-order valence-electron chi connectivity index (χ2n) is 6.70. The average Bonchev–Trinajstić information content (AvgIpc) is 3.19. The lowest BCUT2D eigenvalue weighted by atomic mass is 9.96. The topological polar surface area (TPSA) is 41.0 Å². The summed E-state index contributed by atoms with van der Waals surface area (Å²) in [6, 6.07) is 2.09. The van der Waals surface area contributed by atoms with Gasteiger partial charge in [0.05, 0.1) is 0 Å². The van der Waals surface area contributed by atoms with Gasteiger partial charge in [-0.05, 0) is 32.6 Å². The van der Waals surface area contributed by atoms with Crippen molar-refractivity contribution in [1.82, 2.24) is 9.97 Å². The minimum absolute atomic E-state index is 0.0286. The molecule has 1 heterocycles. The zero-order valence-corrected chi connectivity index (χ0v) is 13.5. The number of nitrogens with one attached hydrogen (secondary N) is 1. The molecule has 0 spiro atoms. The number of hydrogen-bond donors (Lipinski definition) is 1. The predicted octanol–water partition coefficient (Wildman–Crippen LogP) is 3.44. The minimum Gasteiger partial charge on any atom is -0.370 e. The van der Waals surface area contributed by atoms with Gasteiger partial charge in [-0.1, -0.05) is 20.8 Å². The predicted molar refractivity (Wildman–Crippen MR) is 85.5 cm³/mol. The summed E-state index contributed by atoms with van der Waals surface area (Å²) in [7, 11) is 0. The lowest BCUT2D eigenvalue weighted by Crippen LogP contribution is -2.28. The molecule has 0 radical (unpaired) electrons. The van der Waals surface area contributed by atoms with Crippen molar-refractivity contribution in [2.75, 3.05) is 29.9 Å². The van der Waals surface area contributed by atoms with E-state index in [1.807, 2.05) is 0 Å². The molecule has 0 saturated heterocycles. The van der Waals surface area contributed by atoms with E-state index in [2.05, 4.69) is 55.9 Å². The number of hydrogen-bond acceptors (Lipinski definition) is 4. The molecule has 2 rings (SSSR count). The maximum Gasteiger partial charge on any atom is 0.138 e. The largest absolute Gasteiger partial charge is 0.370 e. The van der Waals surface area contributed by atoms with Crippen LogP contribution >= 0.6 is 0 Å². The molecule has 4 heteroatoms. The second-order valence-corrected chi connectivity index (χ2v) is 6.70. The van der Waals surface area contributed by atoms with Crippen LogP contribution in [0.3, 0.4) is 0 Å². The summed E-state index contributed by atoms with van der Waals surface area (Å²) < 4.78 is 0. The summed E-state index contributed by atoms with van der Waals surface area (Å²) in [5.74, 6) is 3.79. The normalized spacial score (nSPS) is 15.2. The van der Waals surface area contributed by atoms with Gasteiger partial charge in [0.25, 0.3) is 0 Å². The molecule has 1 aromatic heterocycles. The van der Waals surface area contributed by atoms with Gasteiger partial charge in [-0.15, -0.1) is 0 Å². The van der Waals surface area contributed by atoms with Gasteiger partial charge in [0.15, 0.2) is 0 Å². The van der Waals surface area contributed by atoms with Crippen molar-refractivity contribution in [1.29, 1.82) is 0 Å². The maximum atomic E-state index is 4.81. The first-order chi connectivity index (χ1) is 9.44. The van der Waals surface area contributed by atoms with Crippen molar-refractivity contribution in [3.8, 4) is 0 Å². The maximum absolute atomic E-state index is 4.81. The number of anilines is 2. The zero-order chi connectivity index (χ0) is 14.8. The fraction of sp³-hybridized carbons (Fsp3) is 0.750. The van der Waals surface area contributed by atoms with Crippen molar-refractivity contribution in [2.45, 2.75) is 52.9 Å². The van der Waals surface area contributed by atoms with Crippen molar-refractivity contribution >= 4 is 11.6 Å². The van der Waals surface area contributed by atoms with E-state index in [0.717, 1.165) is 43.0 Å². The first kappa shape index (κ1) is 15.1. The summed E-state index contributed by atoms with van der Waals surface area (Å²) in [5, 5.41) is 3.33. The molecule has 1 aromatic rings. The van der Waals surface area contributed by atoms with Crippen LogP contribution in [-0.4, -0.2) is 29.6 Å². The highest BCUT2D eigenvalue weighted by molar-refractivity contribution is 5.50. The van der Waals surface area contributed by atoms with E-state index in [-0.39, 0.29) is 5.41 Å². The first-order valence-electron chi connectivity index (χ1n) is 7.82. The van der Waals surface area contributed by atoms with Crippen LogP contribution < -0.4 is 10.2 Å². The third-order valence-electron chi connectivity index (χ3n) is 3.62. The van der Waals surface area contributed by atoms with Gasteiger partial charge in [-0.3, -0.25) is 0 Å². The molecule has 1 aliphatic rings. The molecule has 0 bridgehead atoms. The Morgan fingerprint density at radius 2 is 1.95 bits per heavy atom. The molecule has 0 aliphatic heterocycles. The highest BCUT2D eigenvalue weighted by atomic mass is 15.2. The van der Waals surface area contributed by atoms with E-state index >= 15 is 0 Å². The van der Waals surface area contributed by atoms with Crippen LogP contribution in [0, 0.1) is 5.92 Å². The van der Waals surface area contributed by atoms with Crippen molar-refractivity contribution in [2.24, 2.45) is 5.92 Å². The Morgan fingerprint density at radius 3 is 2.45 bits per heavy atom. The summed E-state index contributed by atoms with van der Waals surface area (Å²) in [4.78, 5) is 11.9. The minimum atomic E-state index is -0.0286. The van der Waals surface area contributed by atoms with Gasteiger partial charge >= 0.3 is 0 Å². The molecular weight excluding hydrogens is 248 g/mol. The quantitative estimate of drug-likeness (QED) is 0.864. The molecule has 0 atom stereocenters. The highest BCUT2D eigenvalue weighted by Crippen LogP contribution is 2.32. The van der Waals surface area contributed by atoms with Crippen LogP contribution in [0.4, 0.5) is 11.6 Å². The molecule has 1 aliphatic carbocycles. The van der Waals surface area contributed by atoms with Crippen molar-refractivity contribution in [3.63, 3.8) is 0 Å². The lowest BCUT2D eigenvalue weighted by molar-refractivity contribution is 0.544. The van der Waals surface area contributed by atoms with Gasteiger partial charge < -0.3 is 10.2 Å². The van der Waals surface area contributed by atoms with Crippen LogP contribution in [0.5, 0.6) is 0 Å². The van der Waals surface area contributed by atoms with Gasteiger partial charge in [-0.2, -0.15) is 0 Å². The zero-order valence-electron chi connectivity index (χ0n) is 13.5. The molecular formula is C16H28N4. The van der Waals surface area contributed by atoms with Crippen LogP contribution in [0.1, 0.15) is 53.3 Å². The number of aromatic nitrogens is 2. The monoisotopic (exact) mass is 276 g/mol. The smallest absolute Gasteiger partial charge is 0.138 e. The molecule has 20 heavy (non-hydrogen) atoms. The lowest BCUT2D eigenvalue weighted by Gasteiger charge is -2.25.